The summed E-state index contributed by atoms with van der Waals surface area (Å²) < 4.78 is 0. The van der Waals surface area contributed by atoms with Gasteiger partial charge in [-0.05, 0) is 37.3 Å². The Morgan fingerprint density at radius 1 is 1.38 bits per heavy atom. The normalized spacial score (nSPS) is 15.6. The van der Waals surface area contributed by atoms with Crippen LogP contribution in [0.3, 0.4) is 0 Å². The lowest BCUT2D eigenvalue weighted by atomic mass is 10.0. The summed E-state index contributed by atoms with van der Waals surface area (Å²) in [6.45, 7) is 5.26. The van der Waals surface area contributed by atoms with Gasteiger partial charge in [0, 0.05) is 12.6 Å². The number of nitrogens with zero attached hydrogens (tertiary/aromatic N) is 1. The van der Waals surface area contributed by atoms with E-state index in [-0.39, 0.29) is 0 Å². The molecule has 4 heteroatoms. The van der Waals surface area contributed by atoms with Crippen molar-refractivity contribution in [3.8, 4) is 0 Å². The second kappa shape index (κ2) is 6.83. The van der Waals surface area contributed by atoms with Crippen molar-refractivity contribution >= 4 is 17.3 Å². The molecule has 1 fully saturated rings. The number of hydrogen-bond acceptors (Lipinski definition) is 3. The Hall–Kier alpha value is -1.71. The summed E-state index contributed by atoms with van der Waals surface area (Å²) in [5.41, 5.74) is 7.75. The fraction of sp³-hybridized carbons (Fsp3) is 0.588. The summed E-state index contributed by atoms with van der Waals surface area (Å²) in [4.78, 5) is 13.8. The fourth-order valence-electron chi connectivity index (χ4n) is 3.14. The number of anilines is 2. The van der Waals surface area contributed by atoms with Crippen molar-refractivity contribution in [3.63, 3.8) is 0 Å². The first-order valence-electron chi connectivity index (χ1n) is 7.89. The second-order valence-corrected chi connectivity index (χ2v) is 6.36. The van der Waals surface area contributed by atoms with Crippen LogP contribution in [-0.2, 0) is 0 Å². The number of nitrogens with two attached hydrogens (primary N) is 1. The molecule has 0 atom stereocenters. The molecule has 0 spiro atoms. The third kappa shape index (κ3) is 3.69. The van der Waals surface area contributed by atoms with Gasteiger partial charge >= 0.3 is 5.97 Å². The molecule has 0 saturated heterocycles. The smallest absolute Gasteiger partial charge is 0.337 e. The molecule has 0 aromatic heterocycles. The summed E-state index contributed by atoms with van der Waals surface area (Å²) in [6, 6.07) is 5.61. The van der Waals surface area contributed by atoms with Crippen molar-refractivity contribution in [2.45, 2.75) is 52.0 Å². The highest BCUT2D eigenvalue weighted by molar-refractivity contribution is 5.98. The number of aromatic carboxylic acids is 1. The quantitative estimate of drug-likeness (QED) is 0.783. The molecular formula is C17H26N2O2. The van der Waals surface area contributed by atoms with Crippen LogP contribution in [0.5, 0.6) is 0 Å². The lowest BCUT2D eigenvalue weighted by molar-refractivity contribution is 0.0697. The first-order chi connectivity index (χ1) is 10.0. The van der Waals surface area contributed by atoms with Crippen molar-refractivity contribution in [2.24, 2.45) is 5.92 Å². The molecular weight excluding hydrogens is 264 g/mol. The number of carbonyl (C=O) groups is 1. The van der Waals surface area contributed by atoms with Crippen LogP contribution >= 0.6 is 0 Å². The van der Waals surface area contributed by atoms with E-state index in [0.29, 0.717) is 23.2 Å². The fourth-order valence-corrected chi connectivity index (χ4v) is 3.14. The van der Waals surface area contributed by atoms with Gasteiger partial charge in [-0.25, -0.2) is 4.79 Å². The number of carboxylic acid groups (broad SMARTS) is 1. The van der Waals surface area contributed by atoms with Crippen LogP contribution in [0, 0.1) is 5.92 Å². The predicted molar refractivity (Wildman–Crippen MR) is 86.9 cm³/mol. The minimum atomic E-state index is -0.898. The molecule has 1 aromatic rings. The van der Waals surface area contributed by atoms with Gasteiger partial charge in [-0.1, -0.05) is 32.8 Å². The van der Waals surface area contributed by atoms with Gasteiger partial charge in [0.1, 0.15) is 0 Å². The van der Waals surface area contributed by atoms with E-state index in [1.54, 1.807) is 18.2 Å². The zero-order valence-electron chi connectivity index (χ0n) is 13.0. The van der Waals surface area contributed by atoms with E-state index in [2.05, 4.69) is 18.7 Å². The highest BCUT2D eigenvalue weighted by Gasteiger charge is 2.27. The van der Waals surface area contributed by atoms with Gasteiger partial charge in [0.05, 0.1) is 16.9 Å². The standard InChI is InChI=1S/C17H26N2O2/c1-12(2)10-11-19(13-6-3-4-7-13)16-14(17(20)21)8-5-9-15(16)18/h5,8-9,12-13H,3-4,6-7,10-11,18H2,1-2H3,(H,20,21). The topological polar surface area (TPSA) is 66.6 Å². The Morgan fingerprint density at radius 2 is 2.05 bits per heavy atom. The van der Waals surface area contributed by atoms with Crippen molar-refractivity contribution < 1.29 is 9.90 Å². The molecule has 0 aliphatic heterocycles. The van der Waals surface area contributed by atoms with Crippen molar-refractivity contribution in [1.29, 1.82) is 0 Å². The van der Waals surface area contributed by atoms with Gasteiger partial charge in [-0.3, -0.25) is 0 Å². The number of carboxylic acids is 1. The van der Waals surface area contributed by atoms with Crippen LogP contribution < -0.4 is 10.6 Å². The summed E-state index contributed by atoms with van der Waals surface area (Å²) in [7, 11) is 0. The maximum Gasteiger partial charge on any atom is 0.337 e. The van der Waals surface area contributed by atoms with Gasteiger partial charge < -0.3 is 15.7 Å². The Bertz CT molecular complexity index is 494. The molecule has 4 nitrogen and oxygen atoms in total. The molecule has 0 heterocycles. The van der Waals surface area contributed by atoms with E-state index < -0.39 is 5.97 Å². The van der Waals surface area contributed by atoms with E-state index >= 15 is 0 Å². The first-order valence-corrected chi connectivity index (χ1v) is 7.89. The SMILES string of the molecule is CC(C)CCN(c1c(N)cccc1C(=O)O)C1CCCC1. The van der Waals surface area contributed by atoms with Crippen LogP contribution in [0.2, 0.25) is 0 Å². The van der Waals surface area contributed by atoms with Crippen LogP contribution in [0.4, 0.5) is 11.4 Å². The lowest BCUT2D eigenvalue weighted by Gasteiger charge is -2.33. The average Bonchev–Trinajstić information content (AvgIpc) is 2.93. The summed E-state index contributed by atoms with van der Waals surface area (Å²) in [5, 5.41) is 9.48. The molecule has 1 aliphatic carbocycles. The highest BCUT2D eigenvalue weighted by atomic mass is 16.4. The third-order valence-corrected chi connectivity index (χ3v) is 4.30. The first kappa shape index (κ1) is 15.7. The van der Waals surface area contributed by atoms with Gasteiger partial charge in [-0.15, -0.1) is 0 Å². The van der Waals surface area contributed by atoms with Gasteiger partial charge in [0.25, 0.3) is 0 Å². The van der Waals surface area contributed by atoms with E-state index in [1.165, 1.54) is 12.8 Å². The highest BCUT2D eigenvalue weighted by Crippen LogP contribution is 2.35. The molecule has 1 saturated carbocycles. The molecule has 0 amide bonds. The maximum atomic E-state index is 11.5. The minimum absolute atomic E-state index is 0.325. The Kier molecular flexibility index (Phi) is 5.10. The van der Waals surface area contributed by atoms with E-state index in [4.69, 9.17) is 5.73 Å². The second-order valence-electron chi connectivity index (χ2n) is 6.36. The van der Waals surface area contributed by atoms with Gasteiger partial charge in [-0.2, -0.15) is 0 Å². The van der Waals surface area contributed by atoms with E-state index in [1.807, 2.05) is 0 Å². The van der Waals surface area contributed by atoms with E-state index in [9.17, 15) is 9.90 Å². The minimum Gasteiger partial charge on any atom is -0.478 e. The van der Waals surface area contributed by atoms with Crippen molar-refractivity contribution in [1.82, 2.24) is 0 Å². The summed E-state index contributed by atoms with van der Waals surface area (Å²) in [5.74, 6) is -0.308. The summed E-state index contributed by atoms with van der Waals surface area (Å²) in [6.07, 6.45) is 5.75. The van der Waals surface area contributed by atoms with E-state index in [0.717, 1.165) is 31.5 Å². The van der Waals surface area contributed by atoms with Crippen molar-refractivity contribution in [2.75, 3.05) is 17.2 Å². The van der Waals surface area contributed by atoms with Gasteiger partial charge in [0.2, 0.25) is 0 Å². The molecule has 0 unspecified atom stereocenters. The van der Waals surface area contributed by atoms with Crippen LogP contribution in [0.15, 0.2) is 18.2 Å². The Morgan fingerprint density at radius 3 is 2.62 bits per heavy atom. The number of rotatable bonds is 6. The monoisotopic (exact) mass is 290 g/mol. The zero-order chi connectivity index (χ0) is 15.4. The number of benzene rings is 1. The molecule has 1 aromatic carbocycles. The van der Waals surface area contributed by atoms with Crippen LogP contribution in [-0.4, -0.2) is 23.7 Å². The van der Waals surface area contributed by atoms with Gasteiger partial charge in [0.15, 0.2) is 0 Å². The molecule has 21 heavy (non-hydrogen) atoms. The number of nitrogen functional groups attached to an aromatic ring is 1. The number of hydrogen-bond donors (Lipinski definition) is 2. The van der Waals surface area contributed by atoms with Crippen molar-refractivity contribution in [3.05, 3.63) is 23.8 Å². The molecule has 2 rings (SSSR count). The average molecular weight is 290 g/mol. The largest absolute Gasteiger partial charge is 0.478 e. The lowest BCUT2D eigenvalue weighted by Crippen LogP contribution is -2.36. The Balaban J connectivity index is 2.37. The number of para-hydroxylation sites is 1. The molecule has 1 aliphatic rings. The third-order valence-electron chi connectivity index (χ3n) is 4.30. The molecule has 0 radical (unpaired) electrons. The molecule has 3 N–H and O–H groups in total. The maximum absolute atomic E-state index is 11.5. The zero-order valence-corrected chi connectivity index (χ0v) is 13.0. The Labute approximate surface area is 126 Å². The van der Waals surface area contributed by atoms with Crippen LogP contribution in [0.1, 0.15) is 56.3 Å². The summed E-state index contributed by atoms with van der Waals surface area (Å²) >= 11 is 0. The van der Waals surface area contributed by atoms with Crippen LogP contribution in [0.25, 0.3) is 0 Å². The molecule has 0 bridgehead atoms. The molecule has 116 valence electrons. The predicted octanol–water partition coefficient (Wildman–Crippen LogP) is 3.76.